The van der Waals surface area contributed by atoms with Gasteiger partial charge in [0.15, 0.2) is 6.40 Å². The van der Waals surface area contributed by atoms with Crippen molar-refractivity contribution in [2.45, 2.75) is 4.90 Å². The summed E-state index contributed by atoms with van der Waals surface area (Å²) in [5.41, 5.74) is 0.874. The first-order valence-corrected chi connectivity index (χ1v) is 3.51. The Bertz CT molecular complexity index is 274. The van der Waals surface area contributed by atoms with E-state index < -0.39 is 0 Å². The van der Waals surface area contributed by atoms with Gasteiger partial charge in [-0.25, -0.2) is 4.99 Å². The third-order valence-corrected chi connectivity index (χ3v) is 1.84. The lowest BCUT2D eigenvalue weighted by molar-refractivity contribution is 0.666. The molecule has 1 aliphatic rings. The van der Waals surface area contributed by atoms with Crippen LogP contribution in [0.5, 0.6) is 0 Å². The number of nitrogens with zero attached hydrogens (tertiary/aromatic N) is 2. The number of aliphatic imine (C=N–C) groups is 1. The van der Waals surface area contributed by atoms with E-state index in [0.29, 0.717) is 0 Å². The summed E-state index contributed by atoms with van der Waals surface area (Å²) in [7, 11) is 0. The van der Waals surface area contributed by atoms with Crippen LogP contribution in [-0.4, -0.2) is 11.4 Å². The van der Waals surface area contributed by atoms with E-state index in [0.717, 1.165) is 10.6 Å². The third kappa shape index (κ3) is 0.863. The normalized spacial score (nSPS) is 14.0. The van der Waals surface area contributed by atoms with Gasteiger partial charge in [-0.1, -0.05) is 0 Å². The van der Waals surface area contributed by atoms with Gasteiger partial charge in [-0.2, -0.15) is 0 Å². The number of hydrogen-bond acceptors (Lipinski definition) is 4. The predicted octanol–water partition coefficient (Wildman–Crippen LogP) is 1.78. The molecule has 0 bridgehead atoms. The SMILES string of the molecule is C1=Nc2cnccc2SO1. The lowest BCUT2D eigenvalue weighted by Crippen LogP contribution is -1.85. The van der Waals surface area contributed by atoms with Gasteiger partial charge in [-0.15, -0.1) is 0 Å². The van der Waals surface area contributed by atoms with Gasteiger partial charge in [0.2, 0.25) is 0 Å². The summed E-state index contributed by atoms with van der Waals surface area (Å²) in [6, 6.07) is 1.87. The number of fused-ring (bicyclic) bond motifs is 1. The molecule has 0 fully saturated rings. The van der Waals surface area contributed by atoms with E-state index in [4.69, 9.17) is 4.18 Å². The van der Waals surface area contributed by atoms with E-state index in [1.54, 1.807) is 12.4 Å². The van der Waals surface area contributed by atoms with Gasteiger partial charge in [0.05, 0.1) is 23.1 Å². The van der Waals surface area contributed by atoms with Crippen LogP contribution in [0.2, 0.25) is 0 Å². The minimum absolute atomic E-state index is 0.874. The molecule has 0 aliphatic carbocycles. The van der Waals surface area contributed by atoms with Crippen LogP contribution in [0.15, 0.2) is 28.3 Å². The molecule has 0 unspecified atom stereocenters. The van der Waals surface area contributed by atoms with Crippen molar-refractivity contribution in [3.63, 3.8) is 0 Å². The van der Waals surface area contributed by atoms with E-state index in [1.807, 2.05) is 6.07 Å². The summed E-state index contributed by atoms with van der Waals surface area (Å²) in [5.74, 6) is 0. The highest BCUT2D eigenvalue weighted by molar-refractivity contribution is 7.95. The van der Waals surface area contributed by atoms with Crippen LogP contribution >= 0.6 is 12.0 Å². The van der Waals surface area contributed by atoms with Crippen molar-refractivity contribution in [1.82, 2.24) is 4.98 Å². The Hall–Kier alpha value is -1.03. The molecule has 1 aromatic heterocycles. The number of pyridine rings is 1. The minimum Gasteiger partial charge on any atom is -0.408 e. The van der Waals surface area contributed by atoms with Crippen LogP contribution < -0.4 is 0 Å². The largest absolute Gasteiger partial charge is 0.408 e. The molecule has 0 aromatic carbocycles. The summed E-state index contributed by atoms with van der Waals surface area (Å²) in [6.45, 7) is 0. The Labute approximate surface area is 62.4 Å². The highest BCUT2D eigenvalue weighted by atomic mass is 32.2. The smallest absolute Gasteiger partial charge is 0.192 e. The zero-order valence-electron chi connectivity index (χ0n) is 5.02. The fraction of sp³-hybridized carbons (Fsp3) is 0. The molecule has 2 heterocycles. The van der Waals surface area contributed by atoms with E-state index in [1.165, 1.54) is 18.4 Å². The molecule has 0 N–H and O–H groups in total. The average molecular weight is 152 g/mol. The Morgan fingerprint density at radius 1 is 1.50 bits per heavy atom. The van der Waals surface area contributed by atoms with E-state index in [2.05, 4.69) is 9.98 Å². The Balaban J connectivity index is 2.54. The van der Waals surface area contributed by atoms with Crippen LogP contribution in [0.4, 0.5) is 5.69 Å². The number of aromatic nitrogens is 1. The highest BCUT2D eigenvalue weighted by Gasteiger charge is 2.05. The van der Waals surface area contributed by atoms with Crippen molar-refractivity contribution in [2.75, 3.05) is 0 Å². The molecule has 1 aliphatic heterocycles. The van der Waals surface area contributed by atoms with Crippen molar-refractivity contribution >= 4 is 24.1 Å². The molecule has 1 aromatic rings. The summed E-state index contributed by atoms with van der Waals surface area (Å²) in [5, 5.41) is 0. The van der Waals surface area contributed by atoms with Crippen LogP contribution in [0.25, 0.3) is 0 Å². The van der Waals surface area contributed by atoms with Gasteiger partial charge in [0.1, 0.15) is 5.69 Å². The second-order valence-electron chi connectivity index (χ2n) is 1.76. The van der Waals surface area contributed by atoms with Crippen LogP contribution in [0, 0.1) is 0 Å². The first kappa shape index (κ1) is 5.73. The summed E-state index contributed by atoms with van der Waals surface area (Å²) >= 11 is 1.30. The highest BCUT2D eigenvalue weighted by Crippen LogP contribution is 2.31. The van der Waals surface area contributed by atoms with Gasteiger partial charge in [-0.05, 0) is 6.07 Å². The molecular weight excluding hydrogens is 148 g/mol. The second-order valence-corrected chi connectivity index (χ2v) is 2.56. The fourth-order valence-electron chi connectivity index (χ4n) is 0.692. The molecule has 4 heteroatoms. The molecule has 10 heavy (non-hydrogen) atoms. The molecule has 0 saturated heterocycles. The molecule has 0 radical (unpaired) electrons. The minimum atomic E-state index is 0.874. The zero-order chi connectivity index (χ0) is 6.81. The van der Waals surface area contributed by atoms with Crippen LogP contribution in [0.1, 0.15) is 0 Å². The maximum atomic E-state index is 4.89. The van der Waals surface area contributed by atoms with Gasteiger partial charge < -0.3 is 4.18 Å². The summed E-state index contributed by atoms with van der Waals surface area (Å²) < 4.78 is 4.89. The Morgan fingerprint density at radius 2 is 2.50 bits per heavy atom. The topological polar surface area (TPSA) is 34.5 Å². The summed E-state index contributed by atoms with van der Waals surface area (Å²) in [6.07, 6.45) is 4.84. The van der Waals surface area contributed by atoms with Crippen molar-refractivity contribution < 1.29 is 4.18 Å². The molecule has 3 nitrogen and oxygen atoms in total. The lowest BCUT2D eigenvalue weighted by atomic mass is 10.4. The van der Waals surface area contributed by atoms with Gasteiger partial charge in [0, 0.05) is 6.20 Å². The predicted molar refractivity (Wildman–Crippen MR) is 39.3 cm³/mol. The van der Waals surface area contributed by atoms with E-state index >= 15 is 0 Å². The van der Waals surface area contributed by atoms with Gasteiger partial charge >= 0.3 is 0 Å². The second kappa shape index (κ2) is 2.30. The fourth-order valence-corrected chi connectivity index (χ4v) is 1.19. The van der Waals surface area contributed by atoms with Gasteiger partial charge in [-0.3, -0.25) is 4.98 Å². The van der Waals surface area contributed by atoms with Crippen molar-refractivity contribution in [3.8, 4) is 0 Å². The molecule has 0 amide bonds. The number of rotatable bonds is 0. The van der Waals surface area contributed by atoms with Crippen LogP contribution in [0.3, 0.4) is 0 Å². The number of hydrogen-bond donors (Lipinski definition) is 0. The van der Waals surface area contributed by atoms with E-state index in [-0.39, 0.29) is 0 Å². The summed E-state index contributed by atoms with van der Waals surface area (Å²) in [4.78, 5) is 8.89. The molecular formula is C6H4N2OS. The monoisotopic (exact) mass is 152 g/mol. The first-order chi connectivity index (χ1) is 4.97. The average Bonchev–Trinajstić information content (AvgIpc) is 2.05. The van der Waals surface area contributed by atoms with E-state index in [9.17, 15) is 0 Å². The third-order valence-electron chi connectivity index (χ3n) is 1.13. The Morgan fingerprint density at radius 3 is 3.40 bits per heavy atom. The van der Waals surface area contributed by atoms with Crippen molar-refractivity contribution in [3.05, 3.63) is 18.5 Å². The van der Waals surface area contributed by atoms with Crippen LogP contribution in [-0.2, 0) is 4.18 Å². The molecule has 2 rings (SSSR count). The standard InChI is InChI=1S/C6H4N2OS/c1-2-7-3-5-6(1)10-9-4-8-5/h1-4H. The molecule has 0 spiro atoms. The van der Waals surface area contributed by atoms with Gasteiger partial charge in [0.25, 0.3) is 0 Å². The van der Waals surface area contributed by atoms with Crippen molar-refractivity contribution in [1.29, 1.82) is 0 Å². The molecule has 0 saturated carbocycles. The maximum absolute atomic E-state index is 4.89. The van der Waals surface area contributed by atoms with Crippen molar-refractivity contribution in [2.24, 2.45) is 4.99 Å². The molecule has 50 valence electrons. The zero-order valence-corrected chi connectivity index (χ0v) is 5.84. The quantitative estimate of drug-likeness (QED) is 0.531. The molecule has 0 atom stereocenters. The lowest BCUT2D eigenvalue weighted by Gasteiger charge is -2.05. The first-order valence-electron chi connectivity index (χ1n) is 2.77. The maximum Gasteiger partial charge on any atom is 0.192 e. The Kier molecular flexibility index (Phi) is 1.32.